The Hall–Kier alpha value is -1.75. The minimum absolute atomic E-state index is 0.191. The lowest BCUT2D eigenvalue weighted by Crippen LogP contribution is -2.36. The zero-order valence-corrected chi connectivity index (χ0v) is 13.4. The number of rotatable bonds is 8. The van der Waals surface area contributed by atoms with E-state index in [1.807, 2.05) is 19.1 Å². The Morgan fingerprint density at radius 3 is 2.14 bits per heavy atom. The Labute approximate surface area is 126 Å². The van der Waals surface area contributed by atoms with Crippen LogP contribution in [0.3, 0.4) is 0 Å². The topological polar surface area (TPSA) is 56.8 Å². The first-order valence-electron chi connectivity index (χ1n) is 7.21. The maximum atomic E-state index is 12.2. The molecule has 0 bridgehead atoms. The first-order chi connectivity index (χ1) is 10.0. The number of nitrogens with one attached hydrogen (secondary N) is 1. The molecule has 0 radical (unpaired) electrons. The van der Waals surface area contributed by atoms with Crippen molar-refractivity contribution in [2.75, 3.05) is 20.8 Å². The lowest BCUT2D eigenvalue weighted by Gasteiger charge is -2.22. The molecule has 0 spiro atoms. The van der Waals surface area contributed by atoms with E-state index in [0.29, 0.717) is 18.1 Å². The van der Waals surface area contributed by atoms with Crippen LogP contribution in [0.25, 0.3) is 0 Å². The summed E-state index contributed by atoms with van der Waals surface area (Å²) in [5.74, 6) is 0.988. The highest BCUT2D eigenvalue weighted by atomic mass is 16.5. The molecular formula is C16H25NO4. The smallest absolute Gasteiger partial charge is 0.327 e. The van der Waals surface area contributed by atoms with Gasteiger partial charge in [-0.3, -0.25) is 5.32 Å². The third-order valence-corrected chi connectivity index (χ3v) is 3.29. The Morgan fingerprint density at radius 1 is 1.14 bits per heavy atom. The molecule has 0 aliphatic rings. The van der Waals surface area contributed by atoms with Crippen molar-refractivity contribution in [3.63, 3.8) is 0 Å². The second kappa shape index (κ2) is 8.52. The summed E-state index contributed by atoms with van der Waals surface area (Å²) in [7, 11) is 3.17. The van der Waals surface area contributed by atoms with Crippen LogP contribution in [0.4, 0.5) is 0 Å². The molecule has 0 amide bonds. The fourth-order valence-corrected chi connectivity index (χ4v) is 1.92. The summed E-state index contributed by atoms with van der Waals surface area (Å²) in [6.07, 6.45) is 0.914. The van der Waals surface area contributed by atoms with Gasteiger partial charge in [-0.15, -0.1) is 0 Å². The van der Waals surface area contributed by atoms with E-state index in [1.165, 1.54) is 0 Å². The second-order valence-corrected chi connectivity index (χ2v) is 4.81. The van der Waals surface area contributed by atoms with E-state index < -0.39 is 6.04 Å². The van der Waals surface area contributed by atoms with Crippen molar-refractivity contribution in [1.82, 2.24) is 5.32 Å². The molecule has 0 heterocycles. The van der Waals surface area contributed by atoms with Crippen LogP contribution in [-0.4, -0.2) is 32.8 Å². The van der Waals surface area contributed by atoms with Crippen LogP contribution < -0.4 is 14.8 Å². The van der Waals surface area contributed by atoms with Gasteiger partial charge in [0.15, 0.2) is 0 Å². The molecular weight excluding hydrogens is 270 g/mol. The molecule has 5 heteroatoms. The minimum atomic E-state index is -0.538. The summed E-state index contributed by atoms with van der Waals surface area (Å²) >= 11 is 0. The van der Waals surface area contributed by atoms with Gasteiger partial charge in [-0.05, 0) is 38.0 Å². The lowest BCUT2D eigenvalue weighted by atomic mass is 10.0. The number of carbonyl (C=O) groups is 1. The molecule has 0 aromatic heterocycles. The van der Waals surface area contributed by atoms with Crippen LogP contribution in [0.5, 0.6) is 11.5 Å². The van der Waals surface area contributed by atoms with E-state index in [1.54, 1.807) is 27.2 Å². The van der Waals surface area contributed by atoms with Crippen LogP contribution in [0.15, 0.2) is 18.2 Å². The second-order valence-electron chi connectivity index (χ2n) is 4.81. The van der Waals surface area contributed by atoms with Gasteiger partial charge in [0.1, 0.15) is 17.5 Å². The number of benzene rings is 1. The van der Waals surface area contributed by atoms with Crippen LogP contribution in [0.1, 0.15) is 38.8 Å². The van der Waals surface area contributed by atoms with Gasteiger partial charge in [0, 0.05) is 12.1 Å². The summed E-state index contributed by atoms with van der Waals surface area (Å²) in [5, 5.41) is 3.28. The van der Waals surface area contributed by atoms with E-state index in [0.717, 1.165) is 12.0 Å². The first-order valence-corrected chi connectivity index (χ1v) is 7.21. The maximum absolute atomic E-state index is 12.2. The largest absolute Gasteiger partial charge is 0.497 e. The Morgan fingerprint density at radius 2 is 1.71 bits per heavy atom. The predicted octanol–water partition coefficient (Wildman–Crippen LogP) is 2.70. The highest BCUT2D eigenvalue weighted by Gasteiger charge is 2.24. The number of esters is 1. The third kappa shape index (κ3) is 4.93. The number of ether oxygens (including phenoxy) is 3. The maximum Gasteiger partial charge on any atom is 0.327 e. The first kappa shape index (κ1) is 17.3. The van der Waals surface area contributed by atoms with E-state index >= 15 is 0 Å². The summed E-state index contributed by atoms with van der Waals surface area (Å²) in [4.78, 5) is 12.2. The molecule has 2 atom stereocenters. The molecule has 1 aromatic rings. The predicted molar refractivity (Wildman–Crippen MR) is 81.8 cm³/mol. The number of methoxy groups -OCH3 is 2. The average molecular weight is 295 g/mol. The average Bonchev–Trinajstić information content (AvgIpc) is 2.51. The van der Waals surface area contributed by atoms with E-state index in [4.69, 9.17) is 14.2 Å². The number of carbonyl (C=O) groups excluding carboxylic acids is 1. The molecule has 5 nitrogen and oxygen atoms in total. The molecule has 0 saturated carbocycles. The van der Waals surface area contributed by atoms with Crippen molar-refractivity contribution in [2.24, 2.45) is 0 Å². The van der Waals surface area contributed by atoms with Crippen molar-refractivity contribution >= 4 is 5.97 Å². The molecule has 0 fully saturated rings. The Bertz CT molecular complexity index is 439. The third-order valence-electron chi connectivity index (χ3n) is 3.29. The normalized spacial score (nSPS) is 13.4. The van der Waals surface area contributed by atoms with Crippen molar-refractivity contribution in [3.8, 4) is 11.5 Å². The van der Waals surface area contributed by atoms with E-state index in [2.05, 4.69) is 12.2 Å². The van der Waals surface area contributed by atoms with Crippen molar-refractivity contribution in [3.05, 3.63) is 23.8 Å². The summed E-state index contributed by atoms with van der Waals surface area (Å²) in [6.45, 7) is 6.23. The molecule has 1 aromatic carbocycles. The standard InChI is InChI=1S/C16H25NO4/c1-6-11(3)17-15(16(18)21-7-2)12-8-13(19-4)10-14(9-12)20-5/h8-11,15,17H,6-7H2,1-5H3. The van der Waals surface area contributed by atoms with Gasteiger partial charge in [0.25, 0.3) is 0 Å². The van der Waals surface area contributed by atoms with E-state index in [-0.39, 0.29) is 12.0 Å². The van der Waals surface area contributed by atoms with Crippen LogP contribution in [-0.2, 0) is 9.53 Å². The zero-order chi connectivity index (χ0) is 15.8. The van der Waals surface area contributed by atoms with Gasteiger partial charge in [-0.25, -0.2) is 4.79 Å². The van der Waals surface area contributed by atoms with Gasteiger partial charge in [-0.1, -0.05) is 6.92 Å². The molecule has 0 saturated heterocycles. The molecule has 2 unspecified atom stereocenters. The molecule has 1 N–H and O–H groups in total. The Balaban J connectivity index is 3.14. The van der Waals surface area contributed by atoms with Gasteiger partial charge >= 0.3 is 5.97 Å². The van der Waals surface area contributed by atoms with Gasteiger partial charge in [0.2, 0.25) is 0 Å². The van der Waals surface area contributed by atoms with E-state index in [9.17, 15) is 4.79 Å². The quantitative estimate of drug-likeness (QED) is 0.747. The van der Waals surface area contributed by atoms with Gasteiger partial charge in [0.05, 0.1) is 20.8 Å². The fourth-order valence-electron chi connectivity index (χ4n) is 1.92. The zero-order valence-electron chi connectivity index (χ0n) is 13.4. The molecule has 0 aliphatic heterocycles. The van der Waals surface area contributed by atoms with Gasteiger partial charge in [-0.2, -0.15) is 0 Å². The van der Waals surface area contributed by atoms with Crippen LogP contribution >= 0.6 is 0 Å². The number of hydrogen-bond acceptors (Lipinski definition) is 5. The van der Waals surface area contributed by atoms with Crippen molar-refractivity contribution in [2.45, 2.75) is 39.3 Å². The van der Waals surface area contributed by atoms with Crippen molar-refractivity contribution < 1.29 is 19.0 Å². The summed E-state index contributed by atoms with van der Waals surface area (Å²) < 4.78 is 15.7. The molecule has 21 heavy (non-hydrogen) atoms. The fraction of sp³-hybridized carbons (Fsp3) is 0.562. The van der Waals surface area contributed by atoms with Crippen molar-refractivity contribution in [1.29, 1.82) is 0 Å². The van der Waals surface area contributed by atoms with Crippen LogP contribution in [0.2, 0.25) is 0 Å². The number of hydrogen-bond donors (Lipinski definition) is 1. The SMILES string of the molecule is CCOC(=O)C(NC(C)CC)c1cc(OC)cc(OC)c1. The molecule has 0 aliphatic carbocycles. The Kier molecular flexibility index (Phi) is 7.02. The summed E-state index contributed by atoms with van der Waals surface area (Å²) in [5.41, 5.74) is 0.768. The monoisotopic (exact) mass is 295 g/mol. The molecule has 118 valence electrons. The minimum Gasteiger partial charge on any atom is -0.497 e. The molecule has 1 rings (SSSR count). The highest BCUT2D eigenvalue weighted by molar-refractivity contribution is 5.78. The summed E-state index contributed by atoms with van der Waals surface area (Å²) in [6, 6.07) is 5.06. The van der Waals surface area contributed by atoms with Crippen LogP contribution in [0, 0.1) is 0 Å². The van der Waals surface area contributed by atoms with Gasteiger partial charge < -0.3 is 14.2 Å². The highest BCUT2D eigenvalue weighted by Crippen LogP contribution is 2.27. The lowest BCUT2D eigenvalue weighted by molar-refractivity contribution is -0.146.